The second-order valence-corrected chi connectivity index (χ2v) is 5.83. The third-order valence-electron chi connectivity index (χ3n) is 3.36. The summed E-state index contributed by atoms with van der Waals surface area (Å²) in [4.78, 5) is 9.81. The van der Waals surface area contributed by atoms with Crippen molar-refractivity contribution in [3.63, 3.8) is 0 Å². The van der Waals surface area contributed by atoms with Crippen LogP contribution < -0.4 is 15.2 Å². The number of ether oxygens (including phenoxy) is 2. The number of anilines is 1. The molecule has 0 radical (unpaired) electrons. The Kier molecular flexibility index (Phi) is 3.16. The SMILES string of the molecule is Nc1nc(-c2ccc3c(c2)OCCO3)c(-c2ccccn2)s1. The summed E-state index contributed by atoms with van der Waals surface area (Å²) >= 11 is 1.43. The van der Waals surface area contributed by atoms with E-state index in [0.29, 0.717) is 18.3 Å². The normalized spacial score (nSPS) is 13.1. The summed E-state index contributed by atoms with van der Waals surface area (Å²) in [5, 5.41) is 0.519. The highest BCUT2D eigenvalue weighted by atomic mass is 32.1. The van der Waals surface area contributed by atoms with Gasteiger partial charge in [-0.05, 0) is 30.3 Å². The minimum absolute atomic E-state index is 0.519. The monoisotopic (exact) mass is 311 g/mol. The van der Waals surface area contributed by atoms with E-state index in [4.69, 9.17) is 15.2 Å². The lowest BCUT2D eigenvalue weighted by atomic mass is 10.1. The van der Waals surface area contributed by atoms with Gasteiger partial charge in [-0.15, -0.1) is 0 Å². The average Bonchev–Trinajstić information content (AvgIpc) is 2.97. The van der Waals surface area contributed by atoms with Crippen LogP contribution in [0, 0.1) is 0 Å². The number of nitrogens with zero attached hydrogens (tertiary/aromatic N) is 2. The van der Waals surface area contributed by atoms with Crippen molar-refractivity contribution in [3.05, 3.63) is 42.6 Å². The van der Waals surface area contributed by atoms with Crippen LogP contribution in [0.25, 0.3) is 21.8 Å². The quantitative estimate of drug-likeness (QED) is 0.787. The molecule has 0 saturated carbocycles. The molecule has 6 heteroatoms. The molecule has 0 unspecified atom stereocenters. The Morgan fingerprint density at radius 1 is 1.05 bits per heavy atom. The molecule has 3 heterocycles. The van der Waals surface area contributed by atoms with Crippen LogP contribution in [0.2, 0.25) is 0 Å². The lowest BCUT2D eigenvalue weighted by Gasteiger charge is -2.18. The Hall–Kier alpha value is -2.60. The van der Waals surface area contributed by atoms with Gasteiger partial charge >= 0.3 is 0 Å². The molecular formula is C16H13N3O2S. The number of fused-ring (bicyclic) bond motifs is 1. The highest BCUT2D eigenvalue weighted by Gasteiger charge is 2.18. The number of nitrogens with two attached hydrogens (primary N) is 1. The molecule has 110 valence electrons. The number of thiazole rings is 1. The molecule has 0 fully saturated rings. The topological polar surface area (TPSA) is 70.3 Å². The molecule has 0 atom stereocenters. The number of hydrogen-bond donors (Lipinski definition) is 1. The van der Waals surface area contributed by atoms with Gasteiger partial charge in [-0.1, -0.05) is 17.4 Å². The van der Waals surface area contributed by atoms with Crippen LogP contribution in [-0.2, 0) is 0 Å². The van der Waals surface area contributed by atoms with Gasteiger partial charge in [0.05, 0.1) is 16.3 Å². The second-order valence-electron chi connectivity index (χ2n) is 4.80. The average molecular weight is 311 g/mol. The van der Waals surface area contributed by atoms with Crippen molar-refractivity contribution in [1.29, 1.82) is 0 Å². The lowest BCUT2D eigenvalue weighted by molar-refractivity contribution is 0.171. The van der Waals surface area contributed by atoms with E-state index in [1.165, 1.54) is 11.3 Å². The first-order chi connectivity index (χ1) is 10.8. The lowest BCUT2D eigenvalue weighted by Crippen LogP contribution is -2.15. The van der Waals surface area contributed by atoms with Crippen LogP contribution in [-0.4, -0.2) is 23.2 Å². The molecule has 2 N–H and O–H groups in total. The van der Waals surface area contributed by atoms with E-state index < -0.39 is 0 Å². The molecule has 4 rings (SSSR count). The summed E-state index contributed by atoms with van der Waals surface area (Å²) in [6.45, 7) is 1.14. The highest BCUT2D eigenvalue weighted by Crippen LogP contribution is 2.40. The van der Waals surface area contributed by atoms with Gasteiger partial charge in [-0.25, -0.2) is 4.98 Å². The molecule has 0 bridgehead atoms. The standard InChI is InChI=1S/C16H13N3O2S/c17-16-19-14(15(22-16)11-3-1-2-6-18-11)10-4-5-12-13(9-10)21-8-7-20-12/h1-6,9H,7-8H2,(H2,17,19). The van der Waals surface area contributed by atoms with Crippen molar-refractivity contribution >= 4 is 16.5 Å². The van der Waals surface area contributed by atoms with E-state index >= 15 is 0 Å². The van der Waals surface area contributed by atoms with E-state index in [1.54, 1.807) is 6.20 Å². The molecule has 1 aliphatic rings. The molecular weight excluding hydrogens is 298 g/mol. The molecule has 0 spiro atoms. The number of hydrogen-bond acceptors (Lipinski definition) is 6. The van der Waals surface area contributed by atoms with E-state index in [-0.39, 0.29) is 0 Å². The maximum Gasteiger partial charge on any atom is 0.181 e. The third kappa shape index (κ3) is 2.27. The minimum atomic E-state index is 0.519. The summed E-state index contributed by atoms with van der Waals surface area (Å²) in [5.41, 5.74) is 8.54. The Labute approximate surface area is 131 Å². The van der Waals surface area contributed by atoms with Crippen LogP contribution >= 0.6 is 11.3 Å². The maximum atomic E-state index is 5.92. The number of nitrogen functional groups attached to an aromatic ring is 1. The van der Waals surface area contributed by atoms with Crippen molar-refractivity contribution in [2.45, 2.75) is 0 Å². The molecule has 22 heavy (non-hydrogen) atoms. The minimum Gasteiger partial charge on any atom is -0.486 e. The first-order valence-electron chi connectivity index (χ1n) is 6.89. The molecule has 3 aromatic rings. The summed E-state index contributed by atoms with van der Waals surface area (Å²) < 4.78 is 11.2. The summed E-state index contributed by atoms with van der Waals surface area (Å²) in [7, 11) is 0. The van der Waals surface area contributed by atoms with Crippen LogP contribution in [0.4, 0.5) is 5.13 Å². The van der Waals surface area contributed by atoms with Gasteiger partial charge in [-0.3, -0.25) is 4.98 Å². The molecule has 5 nitrogen and oxygen atoms in total. The van der Waals surface area contributed by atoms with E-state index in [0.717, 1.165) is 33.3 Å². The zero-order chi connectivity index (χ0) is 14.9. The van der Waals surface area contributed by atoms with Crippen molar-refractivity contribution in [2.24, 2.45) is 0 Å². The Morgan fingerprint density at radius 3 is 2.73 bits per heavy atom. The Bertz CT molecular complexity index is 818. The fraction of sp³-hybridized carbons (Fsp3) is 0.125. The van der Waals surface area contributed by atoms with Crippen molar-refractivity contribution in [3.8, 4) is 33.3 Å². The molecule has 1 aliphatic heterocycles. The summed E-state index contributed by atoms with van der Waals surface area (Å²) in [6.07, 6.45) is 1.76. The molecule has 0 amide bonds. The van der Waals surface area contributed by atoms with Gasteiger partial charge in [-0.2, -0.15) is 0 Å². The predicted molar refractivity (Wildman–Crippen MR) is 86.2 cm³/mol. The van der Waals surface area contributed by atoms with Gasteiger partial charge in [0.25, 0.3) is 0 Å². The van der Waals surface area contributed by atoms with Gasteiger partial charge in [0, 0.05) is 11.8 Å². The van der Waals surface area contributed by atoms with Crippen LogP contribution in [0.1, 0.15) is 0 Å². The van der Waals surface area contributed by atoms with Crippen LogP contribution in [0.15, 0.2) is 42.6 Å². The number of pyridine rings is 1. The smallest absolute Gasteiger partial charge is 0.181 e. The maximum absolute atomic E-state index is 5.92. The predicted octanol–water partition coefficient (Wildman–Crippen LogP) is 3.23. The number of benzene rings is 1. The van der Waals surface area contributed by atoms with Gasteiger partial charge in [0.1, 0.15) is 13.2 Å². The third-order valence-corrected chi connectivity index (χ3v) is 4.26. The van der Waals surface area contributed by atoms with E-state index in [1.807, 2.05) is 36.4 Å². The Balaban J connectivity index is 1.83. The van der Waals surface area contributed by atoms with Crippen molar-refractivity contribution < 1.29 is 9.47 Å². The first-order valence-corrected chi connectivity index (χ1v) is 7.70. The zero-order valence-electron chi connectivity index (χ0n) is 11.7. The first kappa shape index (κ1) is 13.1. The Morgan fingerprint density at radius 2 is 1.91 bits per heavy atom. The van der Waals surface area contributed by atoms with Crippen molar-refractivity contribution in [1.82, 2.24) is 9.97 Å². The number of rotatable bonds is 2. The largest absolute Gasteiger partial charge is 0.486 e. The van der Waals surface area contributed by atoms with Crippen LogP contribution in [0.5, 0.6) is 11.5 Å². The fourth-order valence-electron chi connectivity index (χ4n) is 2.39. The summed E-state index contributed by atoms with van der Waals surface area (Å²) in [5.74, 6) is 1.50. The molecule has 0 saturated heterocycles. The van der Waals surface area contributed by atoms with Gasteiger partial charge in [0.2, 0.25) is 0 Å². The van der Waals surface area contributed by atoms with Gasteiger partial charge in [0.15, 0.2) is 16.6 Å². The molecule has 1 aromatic carbocycles. The van der Waals surface area contributed by atoms with Gasteiger partial charge < -0.3 is 15.2 Å². The number of aromatic nitrogens is 2. The van der Waals surface area contributed by atoms with E-state index in [9.17, 15) is 0 Å². The zero-order valence-corrected chi connectivity index (χ0v) is 12.5. The fourth-order valence-corrected chi connectivity index (χ4v) is 3.23. The van der Waals surface area contributed by atoms with Crippen LogP contribution in [0.3, 0.4) is 0 Å². The molecule has 2 aromatic heterocycles. The second kappa shape index (κ2) is 5.31. The van der Waals surface area contributed by atoms with E-state index in [2.05, 4.69) is 9.97 Å². The molecule has 0 aliphatic carbocycles. The van der Waals surface area contributed by atoms with Crippen molar-refractivity contribution in [2.75, 3.05) is 18.9 Å². The highest BCUT2D eigenvalue weighted by molar-refractivity contribution is 7.19. The summed E-state index contributed by atoms with van der Waals surface area (Å²) in [6, 6.07) is 11.6.